The molecule has 4 rings (SSSR count). The summed E-state index contributed by atoms with van der Waals surface area (Å²) in [6, 6.07) is 0. The number of nitrogens with one attached hydrogen (secondary N) is 1. The zero-order valence-corrected chi connectivity index (χ0v) is 16.9. The van der Waals surface area contributed by atoms with Gasteiger partial charge in [-0.15, -0.1) is 0 Å². The van der Waals surface area contributed by atoms with Crippen LogP contribution in [0.5, 0.6) is 0 Å². The van der Waals surface area contributed by atoms with Gasteiger partial charge in [-0.3, -0.25) is 9.48 Å². The van der Waals surface area contributed by atoms with Crippen LogP contribution < -0.4 is 0 Å². The first kappa shape index (κ1) is 19.1. The SMILES string of the molecule is COCCn1nc2c(c1C(=O)N1CCC(c3ncc[nH]3)CC1)C[C@H](C)O[C@@H]2C. The summed E-state index contributed by atoms with van der Waals surface area (Å²) in [5.74, 6) is 1.48. The van der Waals surface area contributed by atoms with Crippen molar-refractivity contribution in [2.24, 2.45) is 0 Å². The topological polar surface area (TPSA) is 85.3 Å². The number of hydrogen-bond acceptors (Lipinski definition) is 5. The van der Waals surface area contributed by atoms with Crippen molar-refractivity contribution in [2.45, 2.75) is 57.8 Å². The highest BCUT2D eigenvalue weighted by Crippen LogP contribution is 2.33. The molecule has 8 heteroatoms. The fourth-order valence-corrected chi connectivity index (χ4v) is 4.38. The first-order valence-corrected chi connectivity index (χ1v) is 10.1. The van der Waals surface area contributed by atoms with Crippen molar-refractivity contribution in [1.82, 2.24) is 24.6 Å². The van der Waals surface area contributed by atoms with Gasteiger partial charge in [-0.25, -0.2) is 4.98 Å². The van der Waals surface area contributed by atoms with Crippen molar-refractivity contribution in [3.8, 4) is 0 Å². The number of amides is 1. The van der Waals surface area contributed by atoms with Gasteiger partial charge in [0.2, 0.25) is 0 Å². The molecular formula is C20H29N5O3. The molecule has 1 N–H and O–H groups in total. The van der Waals surface area contributed by atoms with E-state index in [2.05, 4.69) is 16.9 Å². The number of carbonyl (C=O) groups is 1. The molecule has 2 aromatic heterocycles. The van der Waals surface area contributed by atoms with Gasteiger partial charge in [-0.1, -0.05) is 0 Å². The predicted molar refractivity (Wildman–Crippen MR) is 103 cm³/mol. The second-order valence-electron chi connectivity index (χ2n) is 7.76. The highest BCUT2D eigenvalue weighted by molar-refractivity contribution is 5.94. The molecule has 2 aromatic rings. The second kappa shape index (κ2) is 8.05. The van der Waals surface area contributed by atoms with E-state index in [0.29, 0.717) is 24.8 Å². The fourth-order valence-electron chi connectivity index (χ4n) is 4.38. The zero-order valence-electron chi connectivity index (χ0n) is 16.9. The number of H-pyrrole nitrogens is 1. The van der Waals surface area contributed by atoms with Crippen LogP contribution in [0, 0.1) is 0 Å². The first-order chi connectivity index (χ1) is 13.6. The zero-order chi connectivity index (χ0) is 19.7. The lowest BCUT2D eigenvalue weighted by Crippen LogP contribution is -2.40. The molecule has 1 fully saturated rings. The largest absolute Gasteiger partial charge is 0.383 e. The normalized spacial score (nSPS) is 23.0. The van der Waals surface area contributed by atoms with Crippen molar-refractivity contribution in [3.05, 3.63) is 35.2 Å². The average molecular weight is 387 g/mol. The number of methoxy groups -OCH3 is 1. The molecule has 0 saturated carbocycles. The highest BCUT2D eigenvalue weighted by atomic mass is 16.5. The van der Waals surface area contributed by atoms with Crippen LogP contribution >= 0.6 is 0 Å². The molecule has 0 unspecified atom stereocenters. The summed E-state index contributed by atoms with van der Waals surface area (Å²) in [4.78, 5) is 23.0. The number of aromatic nitrogens is 4. The first-order valence-electron chi connectivity index (χ1n) is 10.1. The van der Waals surface area contributed by atoms with Crippen molar-refractivity contribution in [3.63, 3.8) is 0 Å². The van der Waals surface area contributed by atoms with Gasteiger partial charge in [0.25, 0.3) is 5.91 Å². The summed E-state index contributed by atoms with van der Waals surface area (Å²) in [6.45, 7) is 6.60. The van der Waals surface area contributed by atoms with Crippen LogP contribution in [-0.4, -0.2) is 63.5 Å². The van der Waals surface area contributed by atoms with Gasteiger partial charge >= 0.3 is 0 Å². The van der Waals surface area contributed by atoms with Crippen molar-refractivity contribution < 1.29 is 14.3 Å². The van der Waals surface area contributed by atoms with Gasteiger partial charge in [0.1, 0.15) is 11.5 Å². The van der Waals surface area contributed by atoms with E-state index < -0.39 is 0 Å². The van der Waals surface area contributed by atoms with Gasteiger partial charge in [0.05, 0.1) is 31.1 Å². The number of aromatic amines is 1. The molecule has 2 aliphatic rings. The lowest BCUT2D eigenvalue weighted by Gasteiger charge is -2.32. The molecule has 0 bridgehead atoms. The van der Waals surface area contributed by atoms with E-state index in [1.54, 1.807) is 13.3 Å². The predicted octanol–water partition coefficient (Wildman–Crippen LogP) is 2.29. The minimum absolute atomic E-state index is 0.0732. The molecule has 0 spiro atoms. The number of imidazole rings is 1. The summed E-state index contributed by atoms with van der Waals surface area (Å²) < 4.78 is 13.0. The number of likely N-dealkylation sites (tertiary alicyclic amines) is 1. The monoisotopic (exact) mass is 387 g/mol. The standard InChI is InChI=1S/C20H29N5O3/c1-13-12-16-17(14(2)28-13)23-25(10-11-27-3)18(16)20(26)24-8-4-15(5-9-24)19-21-6-7-22-19/h6-7,13-15H,4-5,8-12H2,1-3H3,(H,21,22)/t13-,14+/m0/s1. The molecule has 4 heterocycles. The molecule has 0 aliphatic carbocycles. The van der Waals surface area contributed by atoms with E-state index in [1.807, 2.05) is 22.7 Å². The van der Waals surface area contributed by atoms with Crippen LogP contribution in [0.25, 0.3) is 0 Å². The highest BCUT2D eigenvalue weighted by Gasteiger charge is 2.35. The number of fused-ring (bicyclic) bond motifs is 1. The van der Waals surface area contributed by atoms with Crippen molar-refractivity contribution in [1.29, 1.82) is 0 Å². The van der Waals surface area contributed by atoms with Crippen molar-refractivity contribution >= 4 is 5.91 Å². The fraction of sp³-hybridized carbons (Fsp3) is 0.650. The molecule has 28 heavy (non-hydrogen) atoms. The third kappa shape index (κ3) is 3.58. The Morgan fingerprint density at radius 1 is 1.36 bits per heavy atom. The Labute approximate surface area is 165 Å². The third-order valence-corrected chi connectivity index (χ3v) is 5.79. The molecule has 1 saturated heterocycles. The Balaban J connectivity index is 1.56. The smallest absolute Gasteiger partial charge is 0.272 e. The van der Waals surface area contributed by atoms with Gasteiger partial charge in [-0.05, 0) is 26.7 Å². The Hall–Kier alpha value is -2.19. The van der Waals surface area contributed by atoms with E-state index in [1.165, 1.54) is 0 Å². The summed E-state index contributed by atoms with van der Waals surface area (Å²) in [7, 11) is 1.66. The van der Waals surface area contributed by atoms with Crippen LogP contribution in [-0.2, 0) is 22.4 Å². The van der Waals surface area contributed by atoms with E-state index in [-0.39, 0.29) is 18.1 Å². The number of carbonyl (C=O) groups excluding carboxylic acids is 1. The van der Waals surface area contributed by atoms with Crippen LogP contribution in [0.3, 0.4) is 0 Å². The molecular weight excluding hydrogens is 358 g/mol. The maximum absolute atomic E-state index is 13.5. The molecule has 1 amide bonds. The van der Waals surface area contributed by atoms with E-state index in [4.69, 9.17) is 14.6 Å². The summed E-state index contributed by atoms with van der Waals surface area (Å²) in [5.41, 5.74) is 2.65. The number of piperidine rings is 1. The van der Waals surface area contributed by atoms with E-state index in [0.717, 1.165) is 49.4 Å². The van der Waals surface area contributed by atoms with Crippen molar-refractivity contribution in [2.75, 3.05) is 26.8 Å². The van der Waals surface area contributed by atoms with Crippen LogP contribution in [0.2, 0.25) is 0 Å². The molecule has 0 aromatic carbocycles. The van der Waals surface area contributed by atoms with Crippen LogP contribution in [0.15, 0.2) is 12.4 Å². The van der Waals surface area contributed by atoms with E-state index in [9.17, 15) is 4.79 Å². The quantitative estimate of drug-likeness (QED) is 0.851. The lowest BCUT2D eigenvalue weighted by atomic mass is 9.95. The lowest BCUT2D eigenvalue weighted by molar-refractivity contribution is -0.00721. The number of ether oxygens (including phenoxy) is 2. The van der Waals surface area contributed by atoms with E-state index >= 15 is 0 Å². The summed E-state index contributed by atoms with van der Waals surface area (Å²) in [5, 5.41) is 4.72. The number of hydrogen-bond donors (Lipinski definition) is 1. The maximum Gasteiger partial charge on any atom is 0.272 e. The molecule has 8 nitrogen and oxygen atoms in total. The number of rotatable bonds is 5. The molecule has 152 valence electrons. The average Bonchev–Trinajstić information content (AvgIpc) is 3.34. The van der Waals surface area contributed by atoms with Crippen LogP contribution in [0.1, 0.15) is 66.3 Å². The Morgan fingerprint density at radius 2 is 2.14 bits per heavy atom. The Morgan fingerprint density at radius 3 is 2.82 bits per heavy atom. The molecule has 0 radical (unpaired) electrons. The van der Waals surface area contributed by atoms with Crippen LogP contribution in [0.4, 0.5) is 0 Å². The molecule has 2 atom stereocenters. The van der Waals surface area contributed by atoms with Gasteiger partial charge in [0.15, 0.2) is 0 Å². The third-order valence-electron chi connectivity index (χ3n) is 5.79. The molecule has 2 aliphatic heterocycles. The van der Waals surface area contributed by atoms with Gasteiger partial charge in [-0.2, -0.15) is 5.10 Å². The van der Waals surface area contributed by atoms with Gasteiger partial charge in [0, 0.05) is 50.5 Å². The Kier molecular flexibility index (Phi) is 5.50. The minimum Gasteiger partial charge on any atom is -0.383 e. The summed E-state index contributed by atoms with van der Waals surface area (Å²) >= 11 is 0. The van der Waals surface area contributed by atoms with Gasteiger partial charge < -0.3 is 19.4 Å². The number of nitrogens with zero attached hydrogens (tertiary/aromatic N) is 4. The second-order valence-corrected chi connectivity index (χ2v) is 7.76. The summed E-state index contributed by atoms with van der Waals surface area (Å²) in [6.07, 6.45) is 6.19. The Bertz CT molecular complexity index is 808. The minimum atomic E-state index is -0.0983. The maximum atomic E-state index is 13.5.